The lowest BCUT2D eigenvalue weighted by Crippen LogP contribution is -2.25. The molecule has 2 aromatic carbocycles. The van der Waals surface area contributed by atoms with E-state index in [2.05, 4.69) is 4.98 Å². The van der Waals surface area contributed by atoms with Gasteiger partial charge in [0.1, 0.15) is 11.5 Å². The first kappa shape index (κ1) is 13.3. The summed E-state index contributed by atoms with van der Waals surface area (Å²) >= 11 is 0. The Hall–Kier alpha value is -2.69. The third-order valence-corrected chi connectivity index (χ3v) is 3.49. The van der Waals surface area contributed by atoms with Crippen LogP contribution in [-0.2, 0) is 6.54 Å². The monoisotopic (exact) mass is 283 g/mol. The van der Waals surface area contributed by atoms with Crippen molar-refractivity contribution in [3.63, 3.8) is 0 Å². The van der Waals surface area contributed by atoms with Crippen molar-refractivity contribution in [3.8, 4) is 0 Å². The lowest BCUT2D eigenvalue weighted by atomic mass is 10.1. The average molecular weight is 283 g/mol. The molecule has 2 N–H and O–H groups in total. The molecule has 1 aromatic heterocycles. The number of para-hydroxylation sites is 2. The van der Waals surface area contributed by atoms with Gasteiger partial charge in [0, 0.05) is 11.3 Å². The van der Waals surface area contributed by atoms with Gasteiger partial charge in [-0.05, 0) is 31.2 Å². The van der Waals surface area contributed by atoms with Crippen molar-refractivity contribution in [2.75, 3.05) is 5.73 Å². The fourth-order valence-electron chi connectivity index (χ4n) is 2.38. The Kier molecular flexibility index (Phi) is 3.17. The smallest absolute Gasteiger partial charge is 0.272 e. The molecule has 5 heteroatoms. The molecule has 4 nitrogen and oxygen atoms in total. The van der Waals surface area contributed by atoms with E-state index in [-0.39, 0.29) is 12.1 Å². The van der Waals surface area contributed by atoms with Gasteiger partial charge < -0.3 is 10.3 Å². The molecule has 3 rings (SSSR count). The molecular weight excluding hydrogens is 269 g/mol. The lowest BCUT2D eigenvalue weighted by Gasteiger charge is -2.13. The molecule has 0 saturated heterocycles. The Morgan fingerprint density at radius 1 is 1.19 bits per heavy atom. The van der Waals surface area contributed by atoms with Crippen LogP contribution >= 0.6 is 0 Å². The van der Waals surface area contributed by atoms with Crippen LogP contribution in [-0.4, -0.2) is 9.55 Å². The molecule has 0 saturated carbocycles. The molecular formula is C16H14FN3O. The van der Waals surface area contributed by atoms with Crippen LogP contribution in [0.15, 0.2) is 47.3 Å². The van der Waals surface area contributed by atoms with Gasteiger partial charge >= 0.3 is 0 Å². The zero-order valence-corrected chi connectivity index (χ0v) is 11.5. The fraction of sp³-hybridized carbons (Fsp3) is 0.125. The van der Waals surface area contributed by atoms with Gasteiger partial charge in [0.15, 0.2) is 0 Å². The molecule has 0 unspecified atom stereocenters. The summed E-state index contributed by atoms with van der Waals surface area (Å²) in [6, 6.07) is 11.8. The van der Waals surface area contributed by atoms with Crippen LogP contribution in [0.3, 0.4) is 0 Å². The van der Waals surface area contributed by atoms with Crippen molar-refractivity contribution in [1.82, 2.24) is 9.55 Å². The number of benzene rings is 2. The summed E-state index contributed by atoms with van der Waals surface area (Å²) in [6.45, 7) is 1.73. The van der Waals surface area contributed by atoms with E-state index in [9.17, 15) is 9.18 Å². The minimum absolute atomic E-state index is 0.0845. The second-order valence-corrected chi connectivity index (χ2v) is 4.88. The Morgan fingerprint density at radius 2 is 1.95 bits per heavy atom. The number of rotatable bonds is 2. The van der Waals surface area contributed by atoms with Gasteiger partial charge in [0.25, 0.3) is 5.56 Å². The van der Waals surface area contributed by atoms with Crippen LogP contribution in [0, 0.1) is 12.7 Å². The largest absolute Gasteiger partial charge is 0.398 e. The molecule has 3 aromatic rings. The summed E-state index contributed by atoms with van der Waals surface area (Å²) in [4.78, 5) is 16.6. The zero-order valence-electron chi connectivity index (χ0n) is 11.5. The van der Waals surface area contributed by atoms with E-state index in [1.807, 2.05) is 18.2 Å². The molecule has 1 heterocycles. The number of hydrogen-bond acceptors (Lipinski definition) is 3. The molecule has 0 aliphatic heterocycles. The van der Waals surface area contributed by atoms with E-state index in [0.717, 1.165) is 0 Å². The van der Waals surface area contributed by atoms with Gasteiger partial charge in [-0.25, -0.2) is 9.37 Å². The maximum atomic E-state index is 14.0. The van der Waals surface area contributed by atoms with Crippen LogP contribution in [0.1, 0.15) is 11.3 Å². The Labute approximate surface area is 120 Å². The average Bonchev–Trinajstić information content (AvgIpc) is 2.46. The maximum absolute atomic E-state index is 14.0. The van der Waals surface area contributed by atoms with E-state index in [0.29, 0.717) is 28.0 Å². The minimum Gasteiger partial charge on any atom is -0.398 e. The van der Waals surface area contributed by atoms with Gasteiger partial charge in [-0.3, -0.25) is 4.79 Å². The molecule has 0 atom stereocenters. The van der Waals surface area contributed by atoms with E-state index >= 15 is 0 Å². The number of hydrogen-bond donors (Lipinski definition) is 1. The number of nitrogens with zero attached hydrogens (tertiary/aromatic N) is 2. The molecule has 0 bridgehead atoms. The first-order valence-corrected chi connectivity index (χ1v) is 6.57. The third kappa shape index (κ3) is 2.27. The highest BCUT2D eigenvalue weighted by Gasteiger charge is 2.12. The summed E-state index contributed by atoms with van der Waals surface area (Å²) < 4.78 is 15.5. The lowest BCUT2D eigenvalue weighted by molar-refractivity contribution is 0.600. The number of nitrogens with two attached hydrogens (primary N) is 1. The predicted molar refractivity (Wildman–Crippen MR) is 80.7 cm³/mol. The van der Waals surface area contributed by atoms with Crippen LogP contribution in [0.25, 0.3) is 11.0 Å². The molecule has 106 valence electrons. The van der Waals surface area contributed by atoms with Crippen molar-refractivity contribution in [2.24, 2.45) is 0 Å². The number of aromatic nitrogens is 2. The van der Waals surface area contributed by atoms with E-state index in [4.69, 9.17) is 5.73 Å². The Balaban J connectivity index is 2.25. The maximum Gasteiger partial charge on any atom is 0.272 e. The number of aryl methyl sites for hydroxylation is 1. The van der Waals surface area contributed by atoms with Gasteiger partial charge in [0.05, 0.1) is 17.6 Å². The second-order valence-electron chi connectivity index (χ2n) is 4.88. The molecule has 0 amide bonds. The summed E-state index contributed by atoms with van der Waals surface area (Å²) in [5.74, 6) is -0.416. The third-order valence-electron chi connectivity index (χ3n) is 3.49. The number of anilines is 1. The summed E-state index contributed by atoms with van der Waals surface area (Å²) in [7, 11) is 0. The number of halogens is 1. The highest BCUT2D eigenvalue weighted by Crippen LogP contribution is 2.18. The van der Waals surface area contributed by atoms with Crippen molar-refractivity contribution >= 4 is 16.7 Å². The zero-order chi connectivity index (χ0) is 15.0. The van der Waals surface area contributed by atoms with E-state index in [1.54, 1.807) is 25.1 Å². The minimum atomic E-state index is -0.416. The van der Waals surface area contributed by atoms with Crippen LogP contribution in [0.4, 0.5) is 10.1 Å². The van der Waals surface area contributed by atoms with Crippen molar-refractivity contribution in [2.45, 2.75) is 13.5 Å². The fourth-order valence-corrected chi connectivity index (χ4v) is 2.38. The molecule has 0 aliphatic rings. The first-order valence-electron chi connectivity index (χ1n) is 6.57. The Bertz CT molecular complexity index is 866. The summed E-state index contributed by atoms with van der Waals surface area (Å²) in [5.41, 5.74) is 7.98. The number of nitrogen functional groups attached to an aromatic ring is 1. The van der Waals surface area contributed by atoms with Gasteiger partial charge in [-0.15, -0.1) is 0 Å². The number of fused-ring (bicyclic) bond motifs is 1. The normalized spacial score (nSPS) is 11.0. The first-order chi connectivity index (χ1) is 10.1. The topological polar surface area (TPSA) is 60.9 Å². The van der Waals surface area contributed by atoms with Gasteiger partial charge in [-0.2, -0.15) is 0 Å². The highest BCUT2D eigenvalue weighted by molar-refractivity contribution is 5.74. The van der Waals surface area contributed by atoms with Crippen LogP contribution in [0.2, 0.25) is 0 Å². The highest BCUT2D eigenvalue weighted by atomic mass is 19.1. The molecule has 21 heavy (non-hydrogen) atoms. The predicted octanol–water partition coefficient (Wildman–Crippen LogP) is 2.47. The molecule has 0 radical (unpaired) electrons. The van der Waals surface area contributed by atoms with Crippen molar-refractivity contribution in [1.29, 1.82) is 0 Å². The Morgan fingerprint density at radius 3 is 2.71 bits per heavy atom. The summed E-state index contributed by atoms with van der Waals surface area (Å²) in [5, 5.41) is 0. The second kappa shape index (κ2) is 5.01. The quantitative estimate of drug-likeness (QED) is 0.735. The van der Waals surface area contributed by atoms with E-state index < -0.39 is 5.82 Å². The van der Waals surface area contributed by atoms with Crippen molar-refractivity contribution < 1.29 is 4.39 Å². The standard InChI is InChI=1S/C16H14FN3O/c1-10-16(21)20(15-8-3-2-7-14(15)19-10)9-11-12(17)5-4-6-13(11)18/h2-8H,9,18H2,1H3. The summed E-state index contributed by atoms with van der Waals surface area (Å²) in [6.07, 6.45) is 0. The van der Waals surface area contributed by atoms with E-state index in [1.165, 1.54) is 10.6 Å². The molecule has 0 spiro atoms. The van der Waals surface area contributed by atoms with Gasteiger partial charge in [-0.1, -0.05) is 18.2 Å². The molecule has 0 fully saturated rings. The van der Waals surface area contributed by atoms with Gasteiger partial charge in [0.2, 0.25) is 0 Å². The SMILES string of the molecule is Cc1nc2ccccc2n(Cc2c(N)cccc2F)c1=O. The van der Waals surface area contributed by atoms with Crippen LogP contribution in [0.5, 0.6) is 0 Å². The molecule has 0 aliphatic carbocycles. The van der Waals surface area contributed by atoms with Crippen LogP contribution < -0.4 is 11.3 Å². The van der Waals surface area contributed by atoms with Crippen molar-refractivity contribution in [3.05, 3.63) is 69.9 Å².